The highest BCUT2D eigenvalue weighted by atomic mass is 35.5. The molecule has 0 aliphatic carbocycles. The molecule has 0 unspecified atom stereocenters. The van der Waals surface area contributed by atoms with Crippen LogP contribution in [0.3, 0.4) is 0 Å². The van der Waals surface area contributed by atoms with Gasteiger partial charge in [-0.25, -0.2) is 0 Å². The highest BCUT2D eigenvalue weighted by Crippen LogP contribution is 2.45. The van der Waals surface area contributed by atoms with Gasteiger partial charge >= 0.3 is 0 Å². The van der Waals surface area contributed by atoms with Gasteiger partial charge in [0.25, 0.3) is 0 Å². The highest BCUT2D eigenvalue weighted by molar-refractivity contribution is 6.43. The number of halogens is 2. The van der Waals surface area contributed by atoms with Crippen molar-refractivity contribution in [1.82, 2.24) is 4.90 Å². The predicted octanol–water partition coefficient (Wildman–Crippen LogP) is 5.28. The van der Waals surface area contributed by atoms with E-state index in [9.17, 15) is 9.59 Å². The molecule has 2 heterocycles. The van der Waals surface area contributed by atoms with Gasteiger partial charge in [-0.2, -0.15) is 0 Å². The Bertz CT molecular complexity index is 1140. The van der Waals surface area contributed by atoms with Crippen LogP contribution in [0.15, 0.2) is 43.0 Å². The molecule has 2 aliphatic rings. The molecule has 5 nitrogen and oxygen atoms in total. The highest BCUT2D eigenvalue weighted by Gasteiger charge is 2.45. The van der Waals surface area contributed by atoms with Crippen LogP contribution in [0.1, 0.15) is 37.0 Å². The molecule has 1 N–H and O–H groups in total. The summed E-state index contributed by atoms with van der Waals surface area (Å²) in [6, 6.07) is 9.90. The van der Waals surface area contributed by atoms with E-state index in [4.69, 9.17) is 23.2 Å². The number of likely N-dealkylation sites (tertiary alicyclic amines) is 1. The van der Waals surface area contributed by atoms with Gasteiger partial charge in [0.05, 0.1) is 21.0 Å². The third-order valence-electron chi connectivity index (χ3n) is 6.80. The maximum atomic E-state index is 12.7. The van der Waals surface area contributed by atoms with Gasteiger partial charge in [-0.05, 0) is 62.1 Å². The third-order valence-corrected chi connectivity index (χ3v) is 7.78. The first-order valence-electron chi connectivity index (χ1n) is 10.6. The third kappa shape index (κ3) is 3.39. The van der Waals surface area contributed by atoms with Gasteiger partial charge in [-0.15, -0.1) is 0 Å². The maximum Gasteiger partial charge on any atom is 0.246 e. The molecule has 0 spiro atoms. The summed E-state index contributed by atoms with van der Waals surface area (Å²) in [4.78, 5) is 28.5. The Morgan fingerprint density at radius 1 is 1.16 bits per heavy atom. The number of benzene rings is 2. The zero-order valence-corrected chi connectivity index (χ0v) is 20.3. The average Bonchev–Trinajstić information content (AvgIpc) is 3.26. The number of carbonyl (C=O) groups is 2. The molecule has 0 aromatic heterocycles. The fraction of sp³-hybridized carbons (Fsp3) is 0.360. The van der Waals surface area contributed by atoms with Crippen LogP contribution in [-0.2, 0) is 20.5 Å². The maximum absolute atomic E-state index is 12.7. The van der Waals surface area contributed by atoms with Crippen molar-refractivity contribution in [3.05, 3.63) is 69.7 Å². The summed E-state index contributed by atoms with van der Waals surface area (Å²) in [5, 5.41) is 4.65. The van der Waals surface area contributed by atoms with E-state index in [0.29, 0.717) is 29.6 Å². The van der Waals surface area contributed by atoms with Crippen molar-refractivity contribution in [1.29, 1.82) is 0 Å². The number of nitrogens with zero attached hydrogens (tertiary/aromatic N) is 2. The zero-order chi connectivity index (χ0) is 23.4. The lowest BCUT2D eigenvalue weighted by molar-refractivity contribution is -0.125. The summed E-state index contributed by atoms with van der Waals surface area (Å²) < 4.78 is 0. The number of hydrogen-bond acceptors (Lipinski definition) is 3. The van der Waals surface area contributed by atoms with E-state index in [1.807, 2.05) is 51.1 Å². The second-order valence-corrected chi connectivity index (χ2v) is 9.96. The molecule has 2 aliphatic heterocycles. The first-order valence-corrected chi connectivity index (χ1v) is 11.3. The Hall–Kier alpha value is -2.50. The smallest absolute Gasteiger partial charge is 0.246 e. The second-order valence-electron chi connectivity index (χ2n) is 9.20. The van der Waals surface area contributed by atoms with Crippen LogP contribution in [0.4, 0.5) is 11.4 Å². The number of likely N-dealkylation sites (N-methyl/N-ethyl adjacent to an activating group) is 1. The van der Waals surface area contributed by atoms with Crippen molar-refractivity contribution in [3.63, 3.8) is 0 Å². The van der Waals surface area contributed by atoms with Gasteiger partial charge in [0.15, 0.2) is 0 Å². The topological polar surface area (TPSA) is 52.7 Å². The van der Waals surface area contributed by atoms with E-state index in [0.717, 1.165) is 28.1 Å². The van der Waals surface area contributed by atoms with Crippen LogP contribution in [0.2, 0.25) is 10.0 Å². The van der Waals surface area contributed by atoms with Crippen molar-refractivity contribution in [3.8, 4) is 0 Å². The fourth-order valence-corrected chi connectivity index (χ4v) is 5.43. The average molecular weight is 472 g/mol. The van der Waals surface area contributed by atoms with E-state index in [1.54, 1.807) is 16.8 Å². The molecule has 168 valence electrons. The van der Waals surface area contributed by atoms with Gasteiger partial charge in [0, 0.05) is 31.5 Å². The minimum Gasteiger partial charge on any atom is -0.374 e. The molecule has 0 radical (unpaired) electrons. The predicted molar refractivity (Wildman–Crippen MR) is 131 cm³/mol. The Kier molecular flexibility index (Phi) is 5.54. The van der Waals surface area contributed by atoms with Crippen molar-refractivity contribution in [2.45, 2.75) is 38.1 Å². The number of amides is 2. The van der Waals surface area contributed by atoms with Crippen molar-refractivity contribution in [2.24, 2.45) is 0 Å². The minimum absolute atomic E-state index is 0.0661. The normalized spacial score (nSPS) is 21.6. The van der Waals surface area contributed by atoms with Crippen molar-refractivity contribution >= 4 is 46.4 Å². The molecule has 1 saturated heterocycles. The summed E-state index contributed by atoms with van der Waals surface area (Å²) in [5.74, 6) is -0.0552. The number of nitrogens with one attached hydrogen (secondary N) is 1. The largest absolute Gasteiger partial charge is 0.374 e. The summed E-state index contributed by atoms with van der Waals surface area (Å²) in [5.41, 5.74) is 3.28. The standard InChI is InChI=1S/C25H27Cl2N3O2/c1-6-20(31)30-12-11-25(14-30,18-9-7-15(2)21(26)22(18)27)28-16-8-10-17-19(13-16)29(5)23(32)24(17,3)4/h6-10,13,28H,1,11-12,14H2,2-5H3/t25-/m1/s1. The Morgan fingerprint density at radius 2 is 1.84 bits per heavy atom. The molecule has 2 amide bonds. The van der Waals surface area contributed by atoms with E-state index in [-0.39, 0.29) is 11.8 Å². The molecule has 0 bridgehead atoms. The number of hydrogen-bond donors (Lipinski definition) is 1. The zero-order valence-electron chi connectivity index (χ0n) is 18.8. The number of aryl methyl sites for hydroxylation is 1. The Balaban J connectivity index is 1.79. The molecule has 0 saturated carbocycles. The van der Waals surface area contributed by atoms with E-state index < -0.39 is 11.0 Å². The van der Waals surface area contributed by atoms with E-state index in [1.165, 1.54) is 6.08 Å². The lowest BCUT2D eigenvalue weighted by Crippen LogP contribution is -2.40. The summed E-state index contributed by atoms with van der Waals surface area (Å²) >= 11 is 13.2. The van der Waals surface area contributed by atoms with Gasteiger partial charge in [-0.3, -0.25) is 9.59 Å². The molecule has 2 aromatic rings. The van der Waals surface area contributed by atoms with Crippen molar-refractivity contribution in [2.75, 3.05) is 30.4 Å². The van der Waals surface area contributed by atoms with Gasteiger partial charge in [0.1, 0.15) is 0 Å². The second kappa shape index (κ2) is 7.82. The number of fused-ring (bicyclic) bond motifs is 1. The number of rotatable bonds is 4. The fourth-order valence-electron chi connectivity index (χ4n) is 4.87. The molecule has 32 heavy (non-hydrogen) atoms. The van der Waals surface area contributed by atoms with Crippen LogP contribution in [0, 0.1) is 6.92 Å². The first-order chi connectivity index (χ1) is 15.0. The molecule has 7 heteroatoms. The van der Waals surface area contributed by atoms with Crippen LogP contribution in [0.25, 0.3) is 0 Å². The lowest BCUT2D eigenvalue weighted by Gasteiger charge is -2.34. The molecular weight excluding hydrogens is 445 g/mol. The Labute approximate surface area is 199 Å². The SMILES string of the molecule is C=CC(=O)N1CC[C@](Nc2ccc3c(c2)N(C)C(=O)C3(C)C)(c2ccc(C)c(Cl)c2Cl)C1. The van der Waals surface area contributed by atoms with Crippen LogP contribution in [-0.4, -0.2) is 36.9 Å². The lowest BCUT2D eigenvalue weighted by atomic mass is 9.85. The van der Waals surface area contributed by atoms with Crippen LogP contribution >= 0.6 is 23.2 Å². The van der Waals surface area contributed by atoms with E-state index >= 15 is 0 Å². The quantitative estimate of drug-likeness (QED) is 0.616. The number of carbonyl (C=O) groups excluding carboxylic acids is 2. The minimum atomic E-state index is -0.627. The summed E-state index contributed by atoms with van der Waals surface area (Å²) in [7, 11) is 1.80. The van der Waals surface area contributed by atoms with Crippen LogP contribution in [0.5, 0.6) is 0 Å². The van der Waals surface area contributed by atoms with Crippen LogP contribution < -0.4 is 10.2 Å². The molecular formula is C25H27Cl2N3O2. The van der Waals surface area contributed by atoms with Gasteiger partial charge in [-0.1, -0.05) is 48.0 Å². The molecule has 1 atom stereocenters. The van der Waals surface area contributed by atoms with E-state index in [2.05, 4.69) is 11.9 Å². The monoisotopic (exact) mass is 471 g/mol. The molecule has 4 rings (SSSR count). The Morgan fingerprint density at radius 3 is 2.53 bits per heavy atom. The number of anilines is 2. The van der Waals surface area contributed by atoms with Crippen molar-refractivity contribution < 1.29 is 9.59 Å². The first kappa shape index (κ1) is 22.7. The van der Waals surface area contributed by atoms with Gasteiger partial charge in [0.2, 0.25) is 11.8 Å². The summed E-state index contributed by atoms with van der Waals surface area (Å²) in [6.45, 7) is 10.4. The van der Waals surface area contributed by atoms with Gasteiger partial charge < -0.3 is 15.1 Å². The molecule has 1 fully saturated rings. The molecule has 2 aromatic carbocycles. The summed E-state index contributed by atoms with van der Waals surface area (Å²) in [6.07, 6.45) is 1.99.